The van der Waals surface area contributed by atoms with Crippen LogP contribution in [-0.2, 0) is 9.84 Å². The second-order valence-electron chi connectivity index (χ2n) is 5.97. The number of guanidine groups is 1. The smallest absolute Gasteiger partial charge is 0.191 e. The second-order valence-corrected chi connectivity index (χ2v) is 9.59. The molecule has 2 unspecified atom stereocenters. The SMILES string of the molecule is CCNC(=NCC(O)CS(=O)(=O)c1cccs1)NC(C)c1ccccc1Cl.I. The van der Waals surface area contributed by atoms with Crippen LogP contribution < -0.4 is 10.6 Å². The van der Waals surface area contributed by atoms with E-state index in [9.17, 15) is 13.5 Å². The largest absolute Gasteiger partial charge is 0.390 e. The highest BCUT2D eigenvalue weighted by Gasteiger charge is 2.21. The summed E-state index contributed by atoms with van der Waals surface area (Å²) in [5.41, 5.74) is 0.922. The molecule has 10 heteroatoms. The van der Waals surface area contributed by atoms with Gasteiger partial charge in [0, 0.05) is 11.6 Å². The molecule has 0 saturated heterocycles. The summed E-state index contributed by atoms with van der Waals surface area (Å²) in [5.74, 6) is 0.119. The van der Waals surface area contributed by atoms with Gasteiger partial charge in [-0.2, -0.15) is 0 Å². The Balaban J connectivity index is 0.00000392. The van der Waals surface area contributed by atoms with E-state index in [0.29, 0.717) is 17.5 Å². The van der Waals surface area contributed by atoms with Crippen LogP contribution in [0.3, 0.4) is 0 Å². The molecule has 1 aromatic heterocycles. The number of rotatable bonds is 8. The molecule has 0 aliphatic heterocycles. The molecule has 28 heavy (non-hydrogen) atoms. The van der Waals surface area contributed by atoms with Gasteiger partial charge in [0.2, 0.25) is 0 Å². The lowest BCUT2D eigenvalue weighted by molar-refractivity contribution is 0.206. The summed E-state index contributed by atoms with van der Waals surface area (Å²) in [7, 11) is -3.51. The Bertz CT molecular complexity index is 861. The Labute approximate surface area is 192 Å². The molecule has 0 spiro atoms. The Kier molecular flexibility index (Phi) is 10.7. The quantitative estimate of drug-likeness (QED) is 0.263. The standard InChI is InChI=1S/C18H24ClN3O3S2.HI/c1-3-20-18(22-13(2)15-7-4-5-8-16(15)19)21-11-14(23)12-27(24,25)17-9-6-10-26-17;/h4-10,13-14,23H,3,11-12H2,1-2H3,(H2,20,21,22);1H. The number of aliphatic hydroxyl groups is 1. The van der Waals surface area contributed by atoms with Gasteiger partial charge in [-0.3, -0.25) is 4.99 Å². The number of aliphatic hydroxyl groups excluding tert-OH is 1. The van der Waals surface area contributed by atoms with Crippen molar-refractivity contribution in [1.29, 1.82) is 0 Å². The van der Waals surface area contributed by atoms with E-state index in [-0.39, 0.29) is 46.5 Å². The minimum atomic E-state index is -3.51. The zero-order valence-electron chi connectivity index (χ0n) is 15.6. The van der Waals surface area contributed by atoms with Gasteiger partial charge < -0.3 is 15.7 Å². The van der Waals surface area contributed by atoms with E-state index < -0.39 is 15.9 Å². The molecule has 156 valence electrons. The van der Waals surface area contributed by atoms with Crippen LogP contribution >= 0.6 is 46.9 Å². The zero-order valence-corrected chi connectivity index (χ0v) is 20.4. The van der Waals surface area contributed by atoms with E-state index in [2.05, 4.69) is 15.6 Å². The molecule has 0 amide bonds. The zero-order chi connectivity index (χ0) is 19.9. The molecular formula is C18H25ClIN3O3S2. The molecule has 2 rings (SSSR count). The van der Waals surface area contributed by atoms with Crippen LogP contribution in [0.5, 0.6) is 0 Å². The number of nitrogens with one attached hydrogen (secondary N) is 2. The number of sulfone groups is 1. The lowest BCUT2D eigenvalue weighted by atomic mass is 10.1. The van der Waals surface area contributed by atoms with Crippen molar-refractivity contribution in [2.75, 3.05) is 18.8 Å². The van der Waals surface area contributed by atoms with Gasteiger partial charge in [0.25, 0.3) is 0 Å². The van der Waals surface area contributed by atoms with Crippen LogP contribution in [0.1, 0.15) is 25.5 Å². The monoisotopic (exact) mass is 557 g/mol. The number of nitrogens with zero attached hydrogens (tertiary/aromatic N) is 1. The highest BCUT2D eigenvalue weighted by molar-refractivity contribution is 14.0. The summed E-state index contributed by atoms with van der Waals surface area (Å²) in [6, 6.07) is 10.6. The lowest BCUT2D eigenvalue weighted by Gasteiger charge is -2.19. The fourth-order valence-electron chi connectivity index (χ4n) is 2.45. The summed E-state index contributed by atoms with van der Waals surface area (Å²) in [6.45, 7) is 4.47. The van der Waals surface area contributed by atoms with E-state index in [1.807, 2.05) is 38.1 Å². The normalized spacial score (nSPS) is 14.1. The number of hydrogen-bond donors (Lipinski definition) is 3. The first kappa shape index (κ1) is 25.2. The van der Waals surface area contributed by atoms with Gasteiger partial charge in [-0.05, 0) is 36.9 Å². The summed E-state index contributed by atoms with van der Waals surface area (Å²) < 4.78 is 24.7. The third-order valence-electron chi connectivity index (χ3n) is 3.74. The van der Waals surface area contributed by atoms with Crippen molar-refractivity contribution in [3.63, 3.8) is 0 Å². The molecule has 6 nitrogen and oxygen atoms in total. The molecule has 2 aromatic rings. The van der Waals surface area contributed by atoms with E-state index >= 15 is 0 Å². The predicted octanol–water partition coefficient (Wildman–Crippen LogP) is 3.47. The van der Waals surface area contributed by atoms with E-state index in [1.54, 1.807) is 11.4 Å². The summed E-state index contributed by atoms with van der Waals surface area (Å²) in [4.78, 5) is 4.31. The van der Waals surface area contributed by atoms with Crippen molar-refractivity contribution in [2.24, 2.45) is 4.99 Å². The van der Waals surface area contributed by atoms with Crippen molar-refractivity contribution in [3.8, 4) is 0 Å². The van der Waals surface area contributed by atoms with Crippen molar-refractivity contribution in [3.05, 3.63) is 52.4 Å². The fraction of sp³-hybridized carbons (Fsp3) is 0.389. The third-order valence-corrected chi connectivity index (χ3v) is 7.37. The van der Waals surface area contributed by atoms with Crippen LogP contribution in [0.15, 0.2) is 51.0 Å². The first-order valence-electron chi connectivity index (χ1n) is 8.57. The van der Waals surface area contributed by atoms with Crippen LogP contribution in [0, 0.1) is 0 Å². The van der Waals surface area contributed by atoms with Crippen LogP contribution in [0.4, 0.5) is 0 Å². The molecule has 0 fully saturated rings. The van der Waals surface area contributed by atoms with Gasteiger partial charge in [0.1, 0.15) is 4.21 Å². The number of benzene rings is 1. The average molecular weight is 558 g/mol. The lowest BCUT2D eigenvalue weighted by Crippen LogP contribution is -2.39. The minimum Gasteiger partial charge on any atom is -0.390 e. The van der Waals surface area contributed by atoms with Gasteiger partial charge >= 0.3 is 0 Å². The fourth-order valence-corrected chi connectivity index (χ4v) is 5.22. The first-order valence-corrected chi connectivity index (χ1v) is 11.5. The minimum absolute atomic E-state index is 0. The van der Waals surface area contributed by atoms with Gasteiger partial charge in [0.15, 0.2) is 15.8 Å². The summed E-state index contributed by atoms with van der Waals surface area (Å²) >= 11 is 7.36. The first-order chi connectivity index (χ1) is 12.8. The summed E-state index contributed by atoms with van der Waals surface area (Å²) in [5, 5.41) is 18.8. The van der Waals surface area contributed by atoms with E-state index in [1.165, 1.54) is 6.07 Å². The number of aliphatic imine (C=N–C) groups is 1. The summed E-state index contributed by atoms with van der Waals surface area (Å²) in [6.07, 6.45) is -1.09. The molecule has 0 saturated carbocycles. The van der Waals surface area contributed by atoms with Gasteiger partial charge in [0.05, 0.1) is 24.4 Å². The molecule has 2 atom stereocenters. The number of hydrogen-bond acceptors (Lipinski definition) is 5. The van der Waals surface area contributed by atoms with Crippen LogP contribution in [0.2, 0.25) is 5.02 Å². The molecule has 0 aliphatic rings. The third kappa shape index (κ3) is 7.51. The number of halogens is 2. The molecular weight excluding hydrogens is 533 g/mol. The van der Waals surface area contributed by atoms with E-state index in [4.69, 9.17) is 11.6 Å². The maximum absolute atomic E-state index is 12.2. The molecule has 3 N–H and O–H groups in total. The maximum atomic E-state index is 12.2. The molecule has 1 heterocycles. The average Bonchev–Trinajstić information content (AvgIpc) is 3.15. The van der Waals surface area contributed by atoms with Crippen LogP contribution in [0.25, 0.3) is 0 Å². The molecule has 1 aromatic carbocycles. The van der Waals surface area contributed by atoms with Gasteiger partial charge in [-0.1, -0.05) is 35.9 Å². The van der Waals surface area contributed by atoms with Crippen molar-refractivity contribution in [2.45, 2.75) is 30.2 Å². The highest BCUT2D eigenvalue weighted by Crippen LogP contribution is 2.22. The molecule has 0 radical (unpaired) electrons. The Hall–Kier alpha value is -0.880. The highest BCUT2D eigenvalue weighted by atomic mass is 127. The molecule has 0 aliphatic carbocycles. The Morgan fingerprint density at radius 3 is 2.61 bits per heavy atom. The van der Waals surface area contributed by atoms with E-state index in [0.717, 1.165) is 16.9 Å². The topological polar surface area (TPSA) is 90.8 Å². The van der Waals surface area contributed by atoms with Crippen LogP contribution in [-0.4, -0.2) is 44.4 Å². The Morgan fingerprint density at radius 2 is 2.00 bits per heavy atom. The van der Waals surface area contributed by atoms with Crippen molar-refractivity contribution >= 4 is 62.7 Å². The Morgan fingerprint density at radius 1 is 1.29 bits per heavy atom. The van der Waals surface area contributed by atoms with Gasteiger partial charge in [-0.15, -0.1) is 35.3 Å². The van der Waals surface area contributed by atoms with Crippen molar-refractivity contribution in [1.82, 2.24) is 10.6 Å². The number of thiophene rings is 1. The van der Waals surface area contributed by atoms with Crippen molar-refractivity contribution < 1.29 is 13.5 Å². The predicted molar refractivity (Wildman–Crippen MR) is 127 cm³/mol. The molecule has 0 bridgehead atoms. The van der Waals surface area contributed by atoms with Gasteiger partial charge in [-0.25, -0.2) is 8.42 Å². The maximum Gasteiger partial charge on any atom is 0.191 e. The second kappa shape index (κ2) is 12.0.